The van der Waals surface area contributed by atoms with Crippen LogP contribution in [0, 0.1) is 17.8 Å². The quantitative estimate of drug-likeness (QED) is 0.548. The van der Waals surface area contributed by atoms with Crippen LogP contribution in [0.1, 0.15) is 40.0 Å². The highest BCUT2D eigenvalue weighted by Crippen LogP contribution is 2.56. The molecule has 1 aliphatic carbocycles. The predicted octanol–water partition coefficient (Wildman–Crippen LogP) is 5.02. The van der Waals surface area contributed by atoms with Gasteiger partial charge in [0, 0.05) is 6.66 Å². The summed E-state index contributed by atoms with van der Waals surface area (Å²) in [5.74, 6) is 2.22. The van der Waals surface area contributed by atoms with Crippen molar-refractivity contribution >= 4 is 19.7 Å². The van der Waals surface area contributed by atoms with E-state index >= 15 is 0 Å². The van der Waals surface area contributed by atoms with Crippen molar-refractivity contribution in [3.8, 4) is 0 Å². The fourth-order valence-electron chi connectivity index (χ4n) is 3.51. The van der Waals surface area contributed by atoms with Crippen molar-refractivity contribution in [2.75, 3.05) is 6.66 Å². The van der Waals surface area contributed by atoms with E-state index in [1.54, 1.807) is 0 Å². The summed E-state index contributed by atoms with van der Waals surface area (Å²) in [5, 5.41) is 1.37. The van der Waals surface area contributed by atoms with Gasteiger partial charge >= 0.3 is 0 Å². The molecule has 0 spiro atoms. The Hall–Kier alpha value is -0.325. The van der Waals surface area contributed by atoms with Crippen molar-refractivity contribution < 1.29 is 4.52 Å². The van der Waals surface area contributed by atoms with E-state index < -0.39 is 7.37 Å². The minimum atomic E-state index is -1.60. The van der Waals surface area contributed by atoms with Crippen molar-refractivity contribution in [1.82, 2.24) is 0 Å². The lowest BCUT2D eigenvalue weighted by Crippen LogP contribution is -2.36. The molecular weight excluding hydrogens is 274 g/mol. The first-order valence-electron chi connectivity index (χ1n) is 8.37. The van der Waals surface area contributed by atoms with Gasteiger partial charge in [0.25, 0.3) is 0 Å². The molecule has 1 unspecified atom stereocenters. The molecule has 0 aromatic heterocycles. The van der Waals surface area contributed by atoms with E-state index in [1.807, 2.05) is 0 Å². The van der Waals surface area contributed by atoms with Gasteiger partial charge in [0.05, 0.1) is 11.4 Å². The minimum Gasteiger partial charge on any atom is -0.282 e. The Morgan fingerprint density at radius 2 is 1.86 bits per heavy atom. The van der Waals surface area contributed by atoms with E-state index in [-0.39, 0.29) is 0 Å². The van der Waals surface area contributed by atoms with Gasteiger partial charge in [-0.3, -0.25) is 4.52 Å². The second-order valence-corrected chi connectivity index (χ2v) is 10.3. The Labute approximate surface area is 132 Å². The summed E-state index contributed by atoms with van der Waals surface area (Å²) in [4.78, 5) is 0. The lowest BCUT2D eigenvalue weighted by Gasteiger charge is -2.42. The second-order valence-electron chi connectivity index (χ2n) is 7.05. The standard InChI is InChI=1S/C18H30BOP/c1-14(2)17-12-11-15(3)13-18(17)20-21(5,19-4)16-9-7-6-8-10-16/h6-10,14-15,17-18H,11-13H2,1-5H3/t15-,17+,18-,21?/m1/s1. The molecule has 3 heteroatoms. The van der Waals surface area contributed by atoms with Crippen LogP contribution in [0.3, 0.4) is 0 Å². The van der Waals surface area contributed by atoms with Gasteiger partial charge in [-0.25, -0.2) is 6.82 Å². The molecular formula is C18H30BOP. The maximum Gasteiger partial charge on any atom is 0.0988 e. The molecule has 2 radical (unpaired) electrons. The van der Waals surface area contributed by atoms with Crippen molar-refractivity contribution in [3.63, 3.8) is 0 Å². The lowest BCUT2D eigenvalue weighted by molar-refractivity contribution is 0.0556. The van der Waals surface area contributed by atoms with E-state index in [1.165, 1.54) is 24.6 Å². The Balaban J connectivity index is 2.19. The summed E-state index contributed by atoms with van der Waals surface area (Å²) >= 11 is 0. The van der Waals surface area contributed by atoms with Crippen LogP contribution in [0.2, 0.25) is 6.82 Å². The number of hydrogen-bond acceptors (Lipinski definition) is 1. The molecule has 0 heterocycles. The second kappa shape index (κ2) is 7.29. The summed E-state index contributed by atoms with van der Waals surface area (Å²) in [7, 11) is -1.60. The zero-order chi connectivity index (χ0) is 15.5. The van der Waals surface area contributed by atoms with Crippen LogP contribution in [-0.2, 0) is 4.52 Å². The van der Waals surface area contributed by atoms with Gasteiger partial charge in [-0.15, -0.1) is 0 Å². The highest BCUT2D eigenvalue weighted by atomic mass is 31.2. The third-order valence-electron chi connectivity index (χ3n) is 5.08. The van der Waals surface area contributed by atoms with Gasteiger partial charge in [-0.05, 0) is 49.7 Å². The van der Waals surface area contributed by atoms with Crippen LogP contribution < -0.4 is 5.30 Å². The summed E-state index contributed by atoms with van der Waals surface area (Å²) in [6.45, 7) is 13.9. The summed E-state index contributed by atoms with van der Waals surface area (Å²) in [6.07, 6.45) is 4.32. The summed E-state index contributed by atoms with van der Waals surface area (Å²) in [5.41, 5.74) is 0. The van der Waals surface area contributed by atoms with Gasteiger partial charge in [0.2, 0.25) is 0 Å². The fourth-order valence-corrected chi connectivity index (χ4v) is 5.62. The third kappa shape index (κ3) is 4.11. The predicted molar refractivity (Wildman–Crippen MR) is 96.8 cm³/mol. The van der Waals surface area contributed by atoms with E-state index in [2.05, 4.69) is 71.6 Å². The van der Waals surface area contributed by atoms with Crippen LogP contribution in [0.4, 0.5) is 0 Å². The first kappa shape index (κ1) is 17.0. The third-order valence-corrected chi connectivity index (χ3v) is 8.09. The van der Waals surface area contributed by atoms with E-state index in [4.69, 9.17) is 4.52 Å². The average molecular weight is 304 g/mol. The normalized spacial score (nSPS) is 29.3. The Morgan fingerprint density at radius 3 is 2.43 bits per heavy atom. The van der Waals surface area contributed by atoms with Gasteiger partial charge in [0.15, 0.2) is 0 Å². The van der Waals surface area contributed by atoms with Gasteiger partial charge in [-0.2, -0.15) is 0 Å². The van der Waals surface area contributed by atoms with Crippen molar-refractivity contribution in [2.45, 2.75) is 53.0 Å². The molecule has 4 atom stereocenters. The molecule has 2 rings (SSSR count). The maximum atomic E-state index is 6.81. The molecule has 0 amide bonds. The number of hydrogen-bond donors (Lipinski definition) is 0. The first-order valence-corrected chi connectivity index (χ1v) is 10.6. The average Bonchev–Trinajstić information content (AvgIpc) is 2.47. The smallest absolute Gasteiger partial charge is 0.0988 e. The monoisotopic (exact) mass is 304 g/mol. The molecule has 1 aromatic carbocycles. The zero-order valence-corrected chi connectivity index (χ0v) is 15.1. The fraction of sp³-hybridized carbons (Fsp3) is 0.667. The van der Waals surface area contributed by atoms with Crippen molar-refractivity contribution in [2.24, 2.45) is 17.8 Å². The molecule has 1 aliphatic rings. The molecule has 0 bridgehead atoms. The minimum absolute atomic E-state index is 0.420. The number of benzene rings is 1. The van der Waals surface area contributed by atoms with Crippen molar-refractivity contribution in [1.29, 1.82) is 0 Å². The molecule has 1 fully saturated rings. The SMILES string of the molecule is C[B-][P+](C)(O[C@@H]1C[C@H](C)CC[C@H]1C(C)C)c1ccccc1. The zero-order valence-electron chi connectivity index (χ0n) is 14.3. The van der Waals surface area contributed by atoms with Gasteiger partial charge in [0.1, 0.15) is 0 Å². The summed E-state index contributed by atoms with van der Waals surface area (Å²) < 4.78 is 6.81. The Morgan fingerprint density at radius 1 is 1.19 bits per heavy atom. The number of rotatable bonds is 5. The van der Waals surface area contributed by atoms with Gasteiger partial charge in [-0.1, -0.05) is 52.8 Å². The molecule has 0 aliphatic heterocycles. The first-order chi connectivity index (χ1) is 9.96. The molecule has 1 nitrogen and oxygen atoms in total. The van der Waals surface area contributed by atoms with Crippen LogP contribution in [0.25, 0.3) is 0 Å². The Bertz CT molecular complexity index is 436. The maximum absolute atomic E-state index is 6.81. The van der Waals surface area contributed by atoms with Crippen LogP contribution in [0.5, 0.6) is 0 Å². The largest absolute Gasteiger partial charge is 0.282 e. The Kier molecular flexibility index (Phi) is 5.92. The molecule has 1 saturated carbocycles. The molecule has 21 heavy (non-hydrogen) atoms. The molecule has 116 valence electrons. The van der Waals surface area contributed by atoms with E-state index in [0.717, 1.165) is 5.92 Å². The summed E-state index contributed by atoms with van der Waals surface area (Å²) in [6, 6.07) is 10.8. The topological polar surface area (TPSA) is 9.23 Å². The highest BCUT2D eigenvalue weighted by Gasteiger charge is 2.37. The lowest BCUT2D eigenvalue weighted by atomic mass is 9.75. The van der Waals surface area contributed by atoms with Crippen molar-refractivity contribution in [3.05, 3.63) is 30.3 Å². The van der Waals surface area contributed by atoms with Crippen LogP contribution >= 0.6 is 7.37 Å². The molecule has 1 aromatic rings. The van der Waals surface area contributed by atoms with E-state index in [9.17, 15) is 0 Å². The van der Waals surface area contributed by atoms with Crippen LogP contribution in [0.15, 0.2) is 30.3 Å². The molecule has 0 N–H and O–H groups in total. The van der Waals surface area contributed by atoms with Gasteiger partial charge < -0.3 is 0 Å². The van der Waals surface area contributed by atoms with E-state index in [0.29, 0.717) is 17.9 Å². The highest BCUT2D eigenvalue weighted by molar-refractivity contribution is 8.01. The molecule has 0 saturated heterocycles. The van der Waals surface area contributed by atoms with Crippen LogP contribution in [-0.4, -0.2) is 19.8 Å².